The highest BCUT2D eigenvalue weighted by molar-refractivity contribution is 5.94. The third kappa shape index (κ3) is 4.57. The number of benzene rings is 1. The predicted molar refractivity (Wildman–Crippen MR) is 103 cm³/mol. The van der Waals surface area contributed by atoms with Gasteiger partial charge in [-0.2, -0.15) is 26.3 Å². The minimum Gasteiger partial charge on any atom is -0.336 e. The van der Waals surface area contributed by atoms with Gasteiger partial charge in [0.15, 0.2) is 0 Å². The Morgan fingerprint density at radius 2 is 1.53 bits per heavy atom. The highest BCUT2D eigenvalue weighted by Gasteiger charge is 2.38. The van der Waals surface area contributed by atoms with Crippen molar-refractivity contribution in [3.05, 3.63) is 71.2 Å². The summed E-state index contributed by atoms with van der Waals surface area (Å²) in [5, 5.41) is 0. The second-order valence-corrected chi connectivity index (χ2v) is 7.54. The SMILES string of the molecule is O=C(c1cc(C(F)(F)F)cc(C(F)(F)F)c1)N1CCN(Cc2cnc3ccccn23)CC1. The van der Waals surface area contributed by atoms with E-state index in [1.807, 2.05) is 33.7 Å². The topological polar surface area (TPSA) is 40.9 Å². The lowest BCUT2D eigenvalue weighted by Crippen LogP contribution is -2.48. The van der Waals surface area contributed by atoms with E-state index in [4.69, 9.17) is 0 Å². The molecule has 0 bridgehead atoms. The Kier molecular flexibility index (Phi) is 5.61. The number of rotatable bonds is 3. The maximum atomic E-state index is 13.1. The molecule has 0 spiro atoms. The van der Waals surface area contributed by atoms with Gasteiger partial charge in [0, 0.05) is 44.5 Å². The summed E-state index contributed by atoms with van der Waals surface area (Å²) in [6.07, 6.45) is -6.37. The Morgan fingerprint density at radius 1 is 0.906 bits per heavy atom. The van der Waals surface area contributed by atoms with Crippen LogP contribution in [0.1, 0.15) is 27.2 Å². The van der Waals surface area contributed by atoms with Crippen molar-refractivity contribution < 1.29 is 31.1 Å². The van der Waals surface area contributed by atoms with Gasteiger partial charge in [-0.3, -0.25) is 9.69 Å². The molecule has 4 rings (SSSR count). The van der Waals surface area contributed by atoms with Crippen molar-refractivity contribution in [1.29, 1.82) is 0 Å². The molecule has 1 aromatic carbocycles. The number of nitrogens with zero attached hydrogens (tertiary/aromatic N) is 4. The van der Waals surface area contributed by atoms with Gasteiger partial charge in [0.05, 0.1) is 23.0 Å². The zero-order valence-corrected chi connectivity index (χ0v) is 16.6. The standard InChI is InChI=1S/C21H18F6N4O/c22-20(23,24)15-9-14(10-16(11-15)21(25,26)27)19(32)30-7-5-29(6-8-30)13-17-12-28-18-3-1-2-4-31(17)18/h1-4,9-12H,5-8,13H2. The molecule has 1 fully saturated rings. The molecule has 0 atom stereocenters. The van der Waals surface area contributed by atoms with Crippen LogP contribution in [0.5, 0.6) is 0 Å². The largest absolute Gasteiger partial charge is 0.416 e. The van der Waals surface area contributed by atoms with Gasteiger partial charge < -0.3 is 9.30 Å². The summed E-state index contributed by atoms with van der Waals surface area (Å²) in [5.41, 5.74) is -1.89. The average Bonchev–Trinajstić information content (AvgIpc) is 3.15. The van der Waals surface area contributed by atoms with Crippen molar-refractivity contribution in [2.24, 2.45) is 0 Å². The molecule has 2 aromatic heterocycles. The Balaban J connectivity index is 1.47. The van der Waals surface area contributed by atoms with Crippen molar-refractivity contribution >= 4 is 11.6 Å². The fourth-order valence-electron chi connectivity index (χ4n) is 3.70. The highest BCUT2D eigenvalue weighted by Crippen LogP contribution is 2.36. The van der Waals surface area contributed by atoms with Crippen molar-refractivity contribution in [2.75, 3.05) is 26.2 Å². The molecule has 5 nitrogen and oxygen atoms in total. The van der Waals surface area contributed by atoms with Crippen molar-refractivity contribution in [3.63, 3.8) is 0 Å². The van der Waals surface area contributed by atoms with Crippen LogP contribution in [0.25, 0.3) is 5.65 Å². The number of imidazole rings is 1. The lowest BCUT2D eigenvalue weighted by Gasteiger charge is -2.34. The first-order valence-electron chi connectivity index (χ1n) is 9.74. The smallest absolute Gasteiger partial charge is 0.336 e. The van der Waals surface area contributed by atoms with Gasteiger partial charge in [-0.05, 0) is 30.3 Å². The molecular weight excluding hydrogens is 438 g/mol. The van der Waals surface area contributed by atoms with Crippen molar-refractivity contribution in [2.45, 2.75) is 18.9 Å². The minimum absolute atomic E-state index is 0.0185. The Morgan fingerprint density at radius 3 is 2.12 bits per heavy atom. The molecular formula is C21H18F6N4O. The summed E-state index contributed by atoms with van der Waals surface area (Å²) >= 11 is 0. The lowest BCUT2D eigenvalue weighted by atomic mass is 10.0. The van der Waals surface area contributed by atoms with E-state index >= 15 is 0 Å². The number of fused-ring (bicyclic) bond motifs is 1. The number of hydrogen-bond donors (Lipinski definition) is 0. The molecule has 1 amide bonds. The molecule has 0 unspecified atom stereocenters. The van der Waals surface area contributed by atoms with Gasteiger partial charge in [-0.25, -0.2) is 4.98 Å². The number of alkyl halides is 6. The molecule has 0 radical (unpaired) electrons. The van der Waals surface area contributed by atoms with Crippen LogP contribution in [-0.2, 0) is 18.9 Å². The Labute approximate surface area is 178 Å². The summed E-state index contributed by atoms with van der Waals surface area (Å²) < 4.78 is 80.4. The molecule has 11 heteroatoms. The Bertz CT molecular complexity index is 1100. The first-order chi connectivity index (χ1) is 15.0. The van der Waals surface area contributed by atoms with Crippen LogP contribution < -0.4 is 0 Å². The quantitative estimate of drug-likeness (QED) is 0.551. The third-order valence-electron chi connectivity index (χ3n) is 5.37. The van der Waals surface area contributed by atoms with Crippen LogP contribution in [0.3, 0.4) is 0 Å². The van der Waals surface area contributed by atoms with E-state index in [0.717, 1.165) is 11.3 Å². The van der Waals surface area contributed by atoms with Crippen LogP contribution in [-0.4, -0.2) is 51.3 Å². The van der Waals surface area contributed by atoms with Gasteiger partial charge in [-0.15, -0.1) is 0 Å². The van der Waals surface area contributed by atoms with Crippen molar-refractivity contribution in [3.8, 4) is 0 Å². The highest BCUT2D eigenvalue weighted by atomic mass is 19.4. The number of amides is 1. The van der Waals surface area contributed by atoms with Gasteiger partial charge in [0.1, 0.15) is 5.65 Å². The van der Waals surface area contributed by atoms with Gasteiger partial charge in [0.25, 0.3) is 5.91 Å². The molecule has 1 aliphatic heterocycles. The summed E-state index contributed by atoms with van der Waals surface area (Å²) in [7, 11) is 0. The van der Waals surface area contributed by atoms with Crippen molar-refractivity contribution in [1.82, 2.24) is 19.2 Å². The number of hydrogen-bond acceptors (Lipinski definition) is 3. The summed E-state index contributed by atoms with van der Waals surface area (Å²) in [6, 6.07) is 6.58. The van der Waals surface area contributed by atoms with E-state index in [0.29, 0.717) is 31.8 Å². The predicted octanol–water partition coefficient (Wildman–Crippen LogP) is 4.33. The average molecular weight is 456 g/mol. The lowest BCUT2D eigenvalue weighted by molar-refractivity contribution is -0.143. The summed E-state index contributed by atoms with van der Waals surface area (Å²) in [5.74, 6) is -0.851. The monoisotopic (exact) mass is 456 g/mol. The maximum absolute atomic E-state index is 13.1. The van der Waals surface area contributed by atoms with E-state index in [1.165, 1.54) is 4.90 Å². The molecule has 0 aliphatic carbocycles. The molecule has 1 saturated heterocycles. The Hall–Kier alpha value is -3.08. The number of carbonyl (C=O) groups excluding carboxylic acids is 1. The second kappa shape index (κ2) is 8.12. The van der Waals surface area contributed by atoms with Crippen LogP contribution >= 0.6 is 0 Å². The normalized spacial score (nSPS) is 16.0. The molecule has 3 heterocycles. The van der Waals surface area contributed by atoms with E-state index in [2.05, 4.69) is 4.98 Å². The second-order valence-electron chi connectivity index (χ2n) is 7.54. The van der Waals surface area contributed by atoms with Crippen LogP contribution in [0, 0.1) is 0 Å². The first-order valence-corrected chi connectivity index (χ1v) is 9.74. The number of carbonyl (C=O) groups is 1. The first kappa shape index (κ1) is 22.1. The maximum Gasteiger partial charge on any atom is 0.416 e. The van der Waals surface area contributed by atoms with Crippen LogP contribution in [0.4, 0.5) is 26.3 Å². The minimum atomic E-state index is -5.00. The molecule has 170 valence electrons. The van der Waals surface area contributed by atoms with E-state index in [-0.39, 0.29) is 19.2 Å². The number of pyridine rings is 1. The fourth-order valence-corrected chi connectivity index (χ4v) is 3.70. The fraction of sp³-hybridized carbons (Fsp3) is 0.333. The summed E-state index contributed by atoms with van der Waals surface area (Å²) in [6.45, 7) is 1.78. The van der Waals surface area contributed by atoms with Gasteiger partial charge in [0.2, 0.25) is 0 Å². The summed E-state index contributed by atoms with van der Waals surface area (Å²) in [4.78, 5) is 20.4. The zero-order valence-electron chi connectivity index (χ0n) is 16.6. The van der Waals surface area contributed by atoms with Crippen LogP contribution in [0.2, 0.25) is 0 Å². The number of piperazine rings is 1. The molecule has 0 saturated carbocycles. The molecule has 1 aliphatic rings. The van der Waals surface area contributed by atoms with Crippen LogP contribution in [0.15, 0.2) is 48.8 Å². The third-order valence-corrected chi connectivity index (χ3v) is 5.37. The molecule has 0 N–H and O–H groups in total. The van der Waals surface area contributed by atoms with E-state index in [1.54, 1.807) is 6.20 Å². The van der Waals surface area contributed by atoms with Gasteiger partial charge >= 0.3 is 12.4 Å². The van der Waals surface area contributed by atoms with E-state index < -0.39 is 35.0 Å². The number of aromatic nitrogens is 2. The zero-order chi connectivity index (χ0) is 23.1. The van der Waals surface area contributed by atoms with E-state index in [9.17, 15) is 31.1 Å². The number of halogens is 6. The molecule has 32 heavy (non-hydrogen) atoms. The van der Waals surface area contributed by atoms with Gasteiger partial charge in [-0.1, -0.05) is 6.07 Å². The molecule has 3 aromatic rings.